The van der Waals surface area contributed by atoms with Crippen LogP contribution in [0.5, 0.6) is 0 Å². The minimum absolute atomic E-state index is 0.00743. The molecule has 0 aliphatic carbocycles. The van der Waals surface area contributed by atoms with E-state index >= 15 is 0 Å². The molecule has 1 aromatic rings. The van der Waals surface area contributed by atoms with E-state index in [0.29, 0.717) is 6.54 Å². The van der Waals surface area contributed by atoms with E-state index in [1.165, 1.54) is 0 Å². The summed E-state index contributed by atoms with van der Waals surface area (Å²) >= 11 is 0. The van der Waals surface area contributed by atoms with Crippen LogP contribution >= 0.6 is 10.7 Å². The molecule has 4 nitrogen and oxygen atoms in total. The van der Waals surface area contributed by atoms with Crippen LogP contribution in [-0.2, 0) is 13.8 Å². The normalized spacial score (nSPS) is 20.9. The fourth-order valence-electron chi connectivity index (χ4n) is 3.01. The van der Waals surface area contributed by atoms with Crippen LogP contribution in [0, 0.1) is 19.8 Å². The molecule has 0 radical (unpaired) electrons. The second-order valence-corrected chi connectivity index (χ2v) is 8.74. The van der Waals surface area contributed by atoms with Gasteiger partial charge in [-0.3, -0.25) is 4.79 Å². The second kappa shape index (κ2) is 5.97. The van der Waals surface area contributed by atoms with Gasteiger partial charge < -0.3 is 4.90 Å². The molecule has 2 atom stereocenters. The number of nitrogens with zero attached hydrogens (tertiary/aromatic N) is 1. The Hall–Kier alpha value is -1.07. The second-order valence-electron chi connectivity index (χ2n) is 5.92. The van der Waals surface area contributed by atoms with Gasteiger partial charge >= 0.3 is 0 Å². The van der Waals surface area contributed by atoms with Crippen LogP contribution in [0.3, 0.4) is 0 Å². The van der Waals surface area contributed by atoms with Crippen LogP contribution in [0.2, 0.25) is 0 Å². The molecule has 1 aromatic carbocycles. The molecule has 0 spiro atoms. The minimum atomic E-state index is -3.56. The molecular formula is C15H20ClNO3S. The monoisotopic (exact) mass is 329 g/mol. The van der Waals surface area contributed by atoms with Crippen molar-refractivity contribution >= 4 is 25.6 Å². The van der Waals surface area contributed by atoms with Gasteiger partial charge in [-0.25, -0.2) is 8.42 Å². The maximum atomic E-state index is 12.1. The molecule has 21 heavy (non-hydrogen) atoms. The molecule has 6 heteroatoms. The average molecular weight is 330 g/mol. The summed E-state index contributed by atoms with van der Waals surface area (Å²) in [5.41, 5.74) is 3.39. The zero-order valence-corrected chi connectivity index (χ0v) is 14.0. The molecule has 1 saturated heterocycles. The van der Waals surface area contributed by atoms with Crippen LogP contribution in [0.15, 0.2) is 18.2 Å². The summed E-state index contributed by atoms with van der Waals surface area (Å²) < 4.78 is 22.3. The lowest BCUT2D eigenvalue weighted by Crippen LogP contribution is -2.29. The number of hydrogen-bond acceptors (Lipinski definition) is 3. The Bertz CT molecular complexity index is 637. The molecule has 0 aromatic heterocycles. The Kier molecular flexibility index (Phi) is 4.63. The van der Waals surface area contributed by atoms with E-state index in [2.05, 4.69) is 18.2 Å². The predicted molar refractivity (Wildman–Crippen MR) is 83.8 cm³/mol. The highest BCUT2D eigenvalue weighted by atomic mass is 35.7. The summed E-state index contributed by atoms with van der Waals surface area (Å²) in [6.45, 7) is 6.47. The largest absolute Gasteiger partial charge is 0.336 e. The summed E-state index contributed by atoms with van der Waals surface area (Å²) in [6, 6.07) is 6.16. The van der Waals surface area contributed by atoms with Gasteiger partial charge in [0.05, 0.1) is 11.8 Å². The molecule has 2 rings (SSSR count). The maximum absolute atomic E-state index is 12.1. The van der Waals surface area contributed by atoms with Crippen molar-refractivity contribution in [1.29, 1.82) is 0 Å². The summed E-state index contributed by atoms with van der Waals surface area (Å²) in [7, 11) is 1.72. The van der Waals surface area contributed by atoms with Gasteiger partial charge in [-0.2, -0.15) is 0 Å². The van der Waals surface area contributed by atoms with E-state index in [9.17, 15) is 13.2 Å². The standard InChI is InChI=1S/C15H20ClNO3S/c1-10-4-11(2)6-14(5-10)12(3)17-8-13(7-15(17)18)9-21(16,19)20/h4-6,12-13H,7-9H2,1-3H3. The minimum Gasteiger partial charge on any atom is -0.336 e. The van der Waals surface area contributed by atoms with Crippen molar-refractivity contribution < 1.29 is 13.2 Å². The van der Waals surface area contributed by atoms with Gasteiger partial charge in [-0.05, 0) is 26.3 Å². The van der Waals surface area contributed by atoms with Crippen molar-refractivity contribution in [2.75, 3.05) is 12.3 Å². The van der Waals surface area contributed by atoms with Gasteiger partial charge in [0.15, 0.2) is 0 Å². The van der Waals surface area contributed by atoms with Crippen molar-refractivity contribution in [3.05, 3.63) is 34.9 Å². The number of aryl methyl sites for hydroxylation is 2. The summed E-state index contributed by atoms with van der Waals surface area (Å²) in [5, 5.41) is 0. The van der Waals surface area contributed by atoms with E-state index in [0.717, 1.165) is 16.7 Å². The molecule has 1 aliphatic rings. The highest BCUT2D eigenvalue weighted by molar-refractivity contribution is 8.13. The third-order valence-corrected chi connectivity index (χ3v) is 5.11. The molecule has 0 saturated carbocycles. The maximum Gasteiger partial charge on any atom is 0.232 e. The van der Waals surface area contributed by atoms with Crippen LogP contribution < -0.4 is 0 Å². The summed E-state index contributed by atoms with van der Waals surface area (Å²) in [5.74, 6) is -0.364. The Balaban J connectivity index is 2.16. The molecule has 0 N–H and O–H groups in total. The van der Waals surface area contributed by atoms with Crippen LogP contribution in [-0.4, -0.2) is 31.5 Å². The van der Waals surface area contributed by atoms with Crippen LogP contribution in [0.4, 0.5) is 0 Å². The molecule has 2 unspecified atom stereocenters. The molecule has 1 amide bonds. The lowest BCUT2D eigenvalue weighted by Gasteiger charge is -2.26. The molecule has 116 valence electrons. The molecule has 1 fully saturated rings. The summed E-state index contributed by atoms with van der Waals surface area (Å²) in [6.07, 6.45) is 0.251. The Morgan fingerprint density at radius 3 is 2.38 bits per heavy atom. The van der Waals surface area contributed by atoms with Crippen molar-refractivity contribution in [3.8, 4) is 0 Å². The van der Waals surface area contributed by atoms with Crippen molar-refractivity contribution in [1.82, 2.24) is 4.90 Å². The Morgan fingerprint density at radius 2 is 1.86 bits per heavy atom. The number of carbonyl (C=O) groups excluding carboxylic acids is 1. The first-order chi connectivity index (χ1) is 9.65. The van der Waals surface area contributed by atoms with Crippen molar-refractivity contribution in [2.45, 2.75) is 33.2 Å². The lowest BCUT2D eigenvalue weighted by atomic mass is 10.0. The molecule has 1 heterocycles. The number of rotatable bonds is 4. The van der Waals surface area contributed by atoms with Gasteiger partial charge in [0.25, 0.3) is 0 Å². The smallest absolute Gasteiger partial charge is 0.232 e. The van der Waals surface area contributed by atoms with E-state index in [-0.39, 0.29) is 30.0 Å². The van der Waals surface area contributed by atoms with Gasteiger partial charge in [-0.1, -0.05) is 29.3 Å². The average Bonchev–Trinajstić information content (AvgIpc) is 2.65. The van der Waals surface area contributed by atoms with Gasteiger partial charge in [-0.15, -0.1) is 0 Å². The third kappa shape index (κ3) is 4.20. The first kappa shape index (κ1) is 16.3. The highest BCUT2D eigenvalue weighted by Crippen LogP contribution is 2.30. The topological polar surface area (TPSA) is 54.5 Å². The van der Waals surface area contributed by atoms with E-state index in [1.54, 1.807) is 4.90 Å². The first-order valence-corrected chi connectivity index (χ1v) is 9.43. The molecule has 0 bridgehead atoms. The van der Waals surface area contributed by atoms with Crippen LogP contribution in [0.25, 0.3) is 0 Å². The molecular weight excluding hydrogens is 310 g/mol. The van der Waals surface area contributed by atoms with Gasteiger partial charge in [0.1, 0.15) is 0 Å². The zero-order valence-electron chi connectivity index (χ0n) is 12.5. The lowest BCUT2D eigenvalue weighted by molar-refractivity contribution is -0.129. The van der Waals surface area contributed by atoms with Gasteiger partial charge in [0, 0.05) is 29.6 Å². The van der Waals surface area contributed by atoms with E-state index < -0.39 is 9.05 Å². The van der Waals surface area contributed by atoms with Crippen LogP contribution in [0.1, 0.15) is 36.1 Å². The van der Waals surface area contributed by atoms with E-state index in [4.69, 9.17) is 10.7 Å². The van der Waals surface area contributed by atoms with Gasteiger partial charge in [0.2, 0.25) is 15.0 Å². The zero-order chi connectivity index (χ0) is 15.8. The number of hydrogen-bond donors (Lipinski definition) is 0. The SMILES string of the molecule is Cc1cc(C)cc(C(C)N2CC(CS(=O)(=O)Cl)CC2=O)c1. The first-order valence-electron chi connectivity index (χ1n) is 6.95. The van der Waals surface area contributed by atoms with Crippen molar-refractivity contribution in [2.24, 2.45) is 5.92 Å². The number of halogens is 1. The Labute approximate surface area is 130 Å². The number of carbonyl (C=O) groups is 1. The van der Waals surface area contributed by atoms with E-state index in [1.807, 2.05) is 20.8 Å². The third-order valence-electron chi connectivity index (χ3n) is 3.87. The van der Waals surface area contributed by atoms with Crippen molar-refractivity contribution in [3.63, 3.8) is 0 Å². The summed E-state index contributed by atoms with van der Waals surface area (Å²) in [4.78, 5) is 13.9. The number of likely N-dealkylation sites (tertiary alicyclic amines) is 1. The highest BCUT2D eigenvalue weighted by Gasteiger charge is 2.35. The Morgan fingerprint density at radius 1 is 1.29 bits per heavy atom. The fourth-order valence-corrected chi connectivity index (χ4v) is 4.33. The number of benzene rings is 1. The predicted octanol–water partition coefficient (Wildman–Crippen LogP) is 2.78. The molecule has 1 aliphatic heterocycles. The quantitative estimate of drug-likeness (QED) is 0.798. The number of amides is 1. The fraction of sp³-hybridized carbons (Fsp3) is 0.533.